The molecular formula is C34H43N7O. The van der Waals surface area contributed by atoms with Gasteiger partial charge in [-0.15, -0.1) is 0 Å². The highest BCUT2D eigenvalue weighted by molar-refractivity contribution is 5.94. The Balaban J connectivity index is 1.32. The second kappa shape index (κ2) is 12.6. The average Bonchev–Trinajstić information content (AvgIpc) is 3.49. The lowest BCUT2D eigenvalue weighted by atomic mass is 10.0. The molecule has 3 atom stereocenters. The summed E-state index contributed by atoms with van der Waals surface area (Å²) in [6.45, 7) is 6.78. The number of fused-ring (bicyclic) bond motifs is 2. The van der Waals surface area contributed by atoms with Gasteiger partial charge >= 0.3 is 6.01 Å². The van der Waals surface area contributed by atoms with Crippen molar-refractivity contribution in [2.45, 2.75) is 57.7 Å². The number of piperazine rings is 1. The number of ether oxygens (including phenoxy) is 1. The summed E-state index contributed by atoms with van der Waals surface area (Å²) in [5.74, 6) is 1.48. The third kappa shape index (κ3) is 5.76. The molecule has 0 N–H and O–H groups in total. The molecule has 8 nitrogen and oxygen atoms in total. The van der Waals surface area contributed by atoms with Crippen LogP contribution in [0.15, 0.2) is 54.7 Å². The van der Waals surface area contributed by atoms with E-state index in [1.54, 1.807) is 0 Å². The Labute approximate surface area is 250 Å². The van der Waals surface area contributed by atoms with E-state index in [4.69, 9.17) is 14.7 Å². The lowest BCUT2D eigenvalue weighted by Gasteiger charge is -2.42. The summed E-state index contributed by atoms with van der Waals surface area (Å²) in [7, 11) is 4.34. The fraction of sp³-hybridized carbons (Fsp3) is 0.500. The molecule has 0 bridgehead atoms. The normalized spacial score (nSPS) is 22.6. The van der Waals surface area contributed by atoms with Crippen molar-refractivity contribution < 1.29 is 4.74 Å². The standard InChI is InChI=1S/C34H43N7O/c1-4-18-39-20-21-41(22-27(39)15-17-35)33-29-16-19-40(32-14-7-10-25-9-5-6-12-28(25)32)23-30(29)36-34(37-33)42-24-26-11-8-13-31(26)38(2)3/h4-7,9-10,12,14,18,26-27,31H,8,11,13,15-16,19-24H2,1-3H3. The van der Waals surface area contributed by atoms with Crippen LogP contribution in [-0.2, 0) is 13.0 Å². The quantitative estimate of drug-likeness (QED) is 0.367. The third-order valence-corrected chi connectivity index (χ3v) is 9.33. The van der Waals surface area contributed by atoms with Crippen molar-refractivity contribution in [2.75, 3.05) is 56.7 Å². The van der Waals surface area contributed by atoms with Crippen LogP contribution in [0.25, 0.3) is 10.8 Å². The fourth-order valence-corrected chi connectivity index (χ4v) is 7.21. The Kier molecular flexibility index (Phi) is 8.48. The number of hydrogen-bond acceptors (Lipinski definition) is 8. The van der Waals surface area contributed by atoms with Gasteiger partial charge in [0.05, 0.1) is 37.4 Å². The highest BCUT2D eigenvalue weighted by Crippen LogP contribution is 2.35. The maximum Gasteiger partial charge on any atom is 0.318 e. The van der Waals surface area contributed by atoms with Crippen molar-refractivity contribution in [1.29, 1.82) is 5.26 Å². The van der Waals surface area contributed by atoms with Crippen molar-refractivity contribution in [3.63, 3.8) is 0 Å². The molecule has 3 aliphatic rings. The van der Waals surface area contributed by atoms with Gasteiger partial charge in [0, 0.05) is 54.8 Å². The van der Waals surface area contributed by atoms with Crippen LogP contribution in [0.3, 0.4) is 0 Å². The van der Waals surface area contributed by atoms with Gasteiger partial charge in [0.25, 0.3) is 0 Å². The SMILES string of the molecule is CC=CN1CCN(c2nc(OCC3CCCC3N(C)C)nc3c2CCN(c2cccc4ccccc24)C3)CC1CC#N. The molecule has 3 aromatic rings. The summed E-state index contributed by atoms with van der Waals surface area (Å²) < 4.78 is 6.45. The van der Waals surface area contributed by atoms with E-state index >= 15 is 0 Å². The largest absolute Gasteiger partial charge is 0.463 e. The van der Waals surface area contributed by atoms with E-state index in [0.29, 0.717) is 31.0 Å². The van der Waals surface area contributed by atoms with E-state index in [0.717, 1.165) is 50.7 Å². The van der Waals surface area contributed by atoms with E-state index in [9.17, 15) is 5.26 Å². The number of aromatic nitrogens is 2. The number of nitrogens with zero attached hydrogens (tertiary/aromatic N) is 7. The van der Waals surface area contributed by atoms with Gasteiger partial charge in [0.1, 0.15) is 5.82 Å². The van der Waals surface area contributed by atoms with Crippen LogP contribution < -0.4 is 14.5 Å². The first kappa shape index (κ1) is 28.3. The Morgan fingerprint density at radius 1 is 1.05 bits per heavy atom. The summed E-state index contributed by atoms with van der Waals surface area (Å²) in [4.78, 5) is 19.6. The van der Waals surface area contributed by atoms with E-state index in [1.807, 2.05) is 6.92 Å². The molecule has 0 amide bonds. The van der Waals surface area contributed by atoms with Gasteiger partial charge in [-0.1, -0.05) is 48.9 Å². The Morgan fingerprint density at radius 3 is 2.74 bits per heavy atom. The minimum atomic E-state index is 0.130. The van der Waals surface area contributed by atoms with Crippen molar-refractivity contribution in [3.8, 4) is 12.1 Å². The van der Waals surface area contributed by atoms with Crippen LogP contribution in [-0.4, -0.2) is 78.7 Å². The fourth-order valence-electron chi connectivity index (χ4n) is 7.21. The molecule has 3 heterocycles. The molecule has 6 rings (SSSR count). The second-order valence-corrected chi connectivity index (χ2v) is 12.1. The van der Waals surface area contributed by atoms with Gasteiger partial charge < -0.3 is 24.3 Å². The van der Waals surface area contributed by atoms with Gasteiger partial charge in [-0.25, -0.2) is 0 Å². The lowest BCUT2D eigenvalue weighted by Crippen LogP contribution is -2.51. The van der Waals surface area contributed by atoms with Crippen LogP contribution in [0.5, 0.6) is 6.01 Å². The number of nitriles is 1. The van der Waals surface area contributed by atoms with Gasteiger partial charge in [-0.05, 0) is 57.9 Å². The summed E-state index contributed by atoms with van der Waals surface area (Å²) in [6, 6.07) is 18.7. The molecule has 42 heavy (non-hydrogen) atoms. The Hall–Kier alpha value is -3.83. The zero-order valence-corrected chi connectivity index (χ0v) is 25.2. The first-order valence-electron chi connectivity index (χ1n) is 15.5. The monoisotopic (exact) mass is 565 g/mol. The minimum Gasteiger partial charge on any atom is -0.463 e. The lowest BCUT2D eigenvalue weighted by molar-refractivity contribution is 0.161. The Bertz CT molecular complexity index is 1460. The molecule has 220 valence electrons. The minimum absolute atomic E-state index is 0.130. The zero-order valence-electron chi connectivity index (χ0n) is 25.2. The molecule has 2 fully saturated rings. The van der Waals surface area contributed by atoms with Crippen LogP contribution in [0.2, 0.25) is 0 Å². The topological polar surface area (TPSA) is 71.8 Å². The van der Waals surface area contributed by atoms with Gasteiger partial charge in [-0.3, -0.25) is 0 Å². The van der Waals surface area contributed by atoms with Crippen LogP contribution in [0, 0.1) is 17.2 Å². The molecule has 0 spiro atoms. The summed E-state index contributed by atoms with van der Waals surface area (Å²) in [6.07, 6.45) is 9.17. The third-order valence-electron chi connectivity index (χ3n) is 9.33. The van der Waals surface area contributed by atoms with E-state index in [2.05, 4.69) is 94.5 Å². The Morgan fingerprint density at radius 2 is 1.90 bits per heavy atom. The second-order valence-electron chi connectivity index (χ2n) is 12.1. The van der Waals surface area contributed by atoms with Gasteiger partial charge in [0.2, 0.25) is 0 Å². The van der Waals surface area contributed by atoms with Crippen molar-refractivity contribution in [3.05, 3.63) is 66.0 Å². The molecule has 2 aliphatic heterocycles. The van der Waals surface area contributed by atoms with Crippen LogP contribution >= 0.6 is 0 Å². The number of hydrogen-bond donors (Lipinski definition) is 0. The zero-order chi connectivity index (χ0) is 29.1. The van der Waals surface area contributed by atoms with E-state index < -0.39 is 0 Å². The van der Waals surface area contributed by atoms with Crippen molar-refractivity contribution in [2.24, 2.45) is 5.92 Å². The number of anilines is 2. The number of benzene rings is 2. The van der Waals surface area contributed by atoms with E-state index in [-0.39, 0.29) is 6.04 Å². The molecule has 1 aromatic heterocycles. The van der Waals surface area contributed by atoms with Gasteiger partial charge in [-0.2, -0.15) is 15.2 Å². The molecule has 1 saturated heterocycles. The average molecular weight is 566 g/mol. The maximum atomic E-state index is 9.57. The molecule has 1 saturated carbocycles. The van der Waals surface area contributed by atoms with Crippen LogP contribution in [0.1, 0.15) is 43.9 Å². The predicted octanol–water partition coefficient (Wildman–Crippen LogP) is 5.24. The summed E-state index contributed by atoms with van der Waals surface area (Å²) in [5, 5.41) is 12.1. The smallest absolute Gasteiger partial charge is 0.318 e. The molecule has 0 radical (unpaired) electrons. The first-order chi connectivity index (χ1) is 20.6. The van der Waals surface area contributed by atoms with Gasteiger partial charge in [0.15, 0.2) is 0 Å². The highest BCUT2D eigenvalue weighted by Gasteiger charge is 2.33. The van der Waals surface area contributed by atoms with Crippen molar-refractivity contribution in [1.82, 2.24) is 19.8 Å². The van der Waals surface area contributed by atoms with Crippen LogP contribution in [0.4, 0.5) is 11.5 Å². The first-order valence-corrected chi connectivity index (χ1v) is 15.5. The van der Waals surface area contributed by atoms with Crippen molar-refractivity contribution >= 4 is 22.3 Å². The van der Waals surface area contributed by atoms with E-state index in [1.165, 1.54) is 41.3 Å². The maximum absolute atomic E-state index is 9.57. The number of allylic oxidation sites excluding steroid dienone is 1. The molecule has 2 aromatic carbocycles. The number of rotatable bonds is 8. The summed E-state index contributed by atoms with van der Waals surface area (Å²) >= 11 is 0. The highest BCUT2D eigenvalue weighted by atomic mass is 16.5. The molecular weight excluding hydrogens is 522 g/mol. The molecule has 8 heteroatoms. The molecule has 3 unspecified atom stereocenters. The predicted molar refractivity (Wildman–Crippen MR) is 169 cm³/mol. The summed E-state index contributed by atoms with van der Waals surface area (Å²) in [5.41, 5.74) is 3.52. The molecule has 1 aliphatic carbocycles.